The molecule has 9 heteroatoms. The highest BCUT2D eigenvalue weighted by atomic mass is 32.2. The number of hydrogen-bond acceptors (Lipinski definition) is 7. The predicted molar refractivity (Wildman–Crippen MR) is 118 cm³/mol. The molecule has 0 saturated heterocycles. The second-order valence-corrected chi connectivity index (χ2v) is 9.22. The third-order valence-corrected chi connectivity index (χ3v) is 6.59. The lowest BCUT2D eigenvalue weighted by atomic mass is 10.1. The number of carbonyl (C=O) groups excluding carboxylic acids is 2. The number of anilines is 1. The van der Waals surface area contributed by atoms with Gasteiger partial charge in [0.1, 0.15) is 13.2 Å². The first-order chi connectivity index (χ1) is 15.4. The molecule has 0 aromatic heterocycles. The van der Waals surface area contributed by atoms with Gasteiger partial charge < -0.3 is 19.5 Å². The third-order valence-electron chi connectivity index (χ3n) is 4.88. The van der Waals surface area contributed by atoms with Gasteiger partial charge >= 0.3 is 5.97 Å². The molecule has 0 bridgehead atoms. The number of hydrogen-bond donors (Lipinski definition) is 1. The van der Waals surface area contributed by atoms with Crippen LogP contribution in [0.2, 0.25) is 0 Å². The van der Waals surface area contributed by atoms with Crippen LogP contribution >= 0.6 is 0 Å². The average Bonchev–Trinajstić information content (AvgIpc) is 2.81. The van der Waals surface area contributed by atoms with Crippen LogP contribution in [0, 0.1) is 0 Å². The van der Waals surface area contributed by atoms with Gasteiger partial charge in [0.2, 0.25) is 0 Å². The van der Waals surface area contributed by atoms with Crippen LogP contribution < -0.4 is 14.8 Å². The molecule has 4 rings (SSSR count). The first-order valence-electron chi connectivity index (χ1n) is 9.98. The SMILES string of the molecule is O=C(COC(=O)CCS(=O)(=O)c1ccc2c(c1)OCCO2)Nc1cccc2ccccc12. The van der Waals surface area contributed by atoms with E-state index in [1.807, 2.05) is 36.4 Å². The van der Waals surface area contributed by atoms with Crippen LogP contribution in [0.3, 0.4) is 0 Å². The molecule has 3 aromatic carbocycles. The quantitative estimate of drug-likeness (QED) is 0.546. The summed E-state index contributed by atoms with van der Waals surface area (Å²) in [5.41, 5.74) is 0.602. The van der Waals surface area contributed by atoms with E-state index in [0.717, 1.165) is 10.8 Å². The standard InChI is InChI=1S/C23H21NO7S/c25-22(24-19-7-3-5-16-4-1-2-6-18(16)19)15-31-23(26)10-13-32(27,28)17-8-9-20-21(14-17)30-12-11-29-20/h1-9,14H,10-13,15H2,(H,24,25). The van der Waals surface area contributed by atoms with E-state index in [9.17, 15) is 18.0 Å². The number of esters is 1. The maximum Gasteiger partial charge on any atom is 0.307 e. The maximum atomic E-state index is 12.5. The number of benzene rings is 3. The molecular formula is C23H21NO7S. The Kier molecular flexibility index (Phi) is 6.27. The molecule has 1 aliphatic rings. The highest BCUT2D eigenvalue weighted by Gasteiger charge is 2.21. The number of nitrogens with one attached hydrogen (secondary N) is 1. The third kappa shape index (κ3) is 5.00. The van der Waals surface area contributed by atoms with Crippen LogP contribution in [0.5, 0.6) is 11.5 Å². The Labute approximate surface area is 185 Å². The summed E-state index contributed by atoms with van der Waals surface area (Å²) in [5, 5.41) is 4.53. The minimum atomic E-state index is -3.74. The summed E-state index contributed by atoms with van der Waals surface area (Å²) >= 11 is 0. The molecule has 0 fully saturated rings. The van der Waals surface area contributed by atoms with Crippen LogP contribution in [0.1, 0.15) is 6.42 Å². The number of ether oxygens (including phenoxy) is 3. The smallest absolute Gasteiger partial charge is 0.307 e. The van der Waals surface area contributed by atoms with Gasteiger partial charge in [-0.2, -0.15) is 0 Å². The zero-order valence-corrected chi connectivity index (χ0v) is 17.9. The van der Waals surface area contributed by atoms with E-state index in [4.69, 9.17) is 14.2 Å². The lowest BCUT2D eigenvalue weighted by molar-refractivity contribution is -0.146. The summed E-state index contributed by atoms with van der Waals surface area (Å²) in [6.07, 6.45) is -0.377. The van der Waals surface area contributed by atoms with Crippen molar-refractivity contribution >= 4 is 38.2 Å². The van der Waals surface area contributed by atoms with Crippen molar-refractivity contribution in [2.75, 3.05) is 30.9 Å². The van der Waals surface area contributed by atoms with E-state index in [0.29, 0.717) is 30.4 Å². The summed E-state index contributed by atoms with van der Waals surface area (Å²) in [4.78, 5) is 24.2. The van der Waals surface area contributed by atoms with Gasteiger partial charge in [-0.15, -0.1) is 0 Å². The van der Waals surface area contributed by atoms with Crippen molar-refractivity contribution in [1.29, 1.82) is 0 Å². The van der Waals surface area contributed by atoms with Crippen LogP contribution in [0.4, 0.5) is 5.69 Å². The van der Waals surface area contributed by atoms with Crippen molar-refractivity contribution in [3.8, 4) is 11.5 Å². The molecule has 0 atom stereocenters. The monoisotopic (exact) mass is 455 g/mol. The fourth-order valence-electron chi connectivity index (χ4n) is 3.29. The molecule has 0 unspecified atom stereocenters. The van der Waals surface area contributed by atoms with Crippen molar-refractivity contribution in [1.82, 2.24) is 0 Å². The van der Waals surface area contributed by atoms with Crippen LogP contribution in [0.25, 0.3) is 10.8 Å². The van der Waals surface area contributed by atoms with E-state index in [1.165, 1.54) is 18.2 Å². The molecule has 1 amide bonds. The Morgan fingerprint density at radius 2 is 1.69 bits per heavy atom. The number of sulfone groups is 1. The number of fused-ring (bicyclic) bond motifs is 2. The Morgan fingerprint density at radius 3 is 2.53 bits per heavy atom. The molecule has 0 spiro atoms. The molecular weight excluding hydrogens is 434 g/mol. The lowest BCUT2D eigenvalue weighted by Crippen LogP contribution is -2.22. The van der Waals surface area contributed by atoms with Gasteiger partial charge in [-0.05, 0) is 23.6 Å². The van der Waals surface area contributed by atoms with E-state index in [1.54, 1.807) is 6.07 Å². The number of amides is 1. The second-order valence-electron chi connectivity index (χ2n) is 7.11. The van der Waals surface area contributed by atoms with Gasteiger partial charge in [0.05, 0.1) is 17.1 Å². The zero-order valence-electron chi connectivity index (χ0n) is 17.1. The topological polar surface area (TPSA) is 108 Å². The van der Waals surface area contributed by atoms with Crippen LogP contribution in [0.15, 0.2) is 65.6 Å². The molecule has 1 aliphatic heterocycles. The first-order valence-corrected chi connectivity index (χ1v) is 11.6. The summed E-state index contributed by atoms with van der Waals surface area (Å²) in [6.45, 7) is 0.231. The normalized spacial score (nSPS) is 12.9. The minimum absolute atomic E-state index is 0.0308. The van der Waals surface area contributed by atoms with Crippen molar-refractivity contribution in [2.45, 2.75) is 11.3 Å². The second kappa shape index (κ2) is 9.27. The fraction of sp³-hybridized carbons (Fsp3) is 0.217. The summed E-state index contributed by atoms with van der Waals surface area (Å²) in [5.74, 6) is -0.906. The summed E-state index contributed by atoms with van der Waals surface area (Å²) in [6, 6.07) is 17.4. The van der Waals surface area contributed by atoms with Crippen molar-refractivity contribution in [2.24, 2.45) is 0 Å². The van der Waals surface area contributed by atoms with E-state index < -0.39 is 34.1 Å². The Hall–Kier alpha value is -3.59. The fourth-order valence-corrected chi connectivity index (χ4v) is 4.52. The molecule has 1 heterocycles. The van der Waals surface area contributed by atoms with Crippen molar-refractivity contribution < 1.29 is 32.2 Å². The molecule has 32 heavy (non-hydrogen) atoms. The predicted octanol–water partition coefficient (Wildman–Crippen LogP) is 2.96. The van der Waals surface area contributed by atoms with Gasteiger partial charge in [-0.1, -0.05) is 36.4 Å². The molecule has 1 N–H and O–H groups in total. The molecule has 0 saturated carbocycles. The number of rotatable bonds is 7. The Balaban J connectivity index is 1.29. The van der Waals surface area contributed by atoms with Gasteiger partial charge in [0.15, 0.2) is 27.9 Å². The van der Waals surface area contributed by atoms with Crippen LogP contribution in [-0.2, 0) is 24.2 Å². The van der Waals surface area contributed by atoms with Crippen molar-refractivity contribution in [3.63, 3.8) is 0 Å². The van der Waals surface area contributed by atoms with Crippen LogP contribution in [-0.4, -0.2) is 45.9 Å². The minimum Gasteiger partial charge on any atom is -0.486 e. The lowest BCUT2D eigenvalue weighted by Gasteiger charge is -2.18. The molecule has 0 aliphatic carbocycles. The maximum absolute atomic E-state index is 12.5. The molecule has 8 nitrogen and oxygen atoms in total. The highest BCUT2D eigenvalue weighted by Crippen LogP contribution is 2.32. The summed E-state index contributed by atoms with van der Waals surface area (Å²) < 4.78 is 40.8. The van der Waals surface area contributed by atoms with E-state index in [-0.39, 0.29) is 11.3 Å². The first kappa shape index (κ1) is 21.6. The van der Waals surface area contributed by atoms with E-state index in [2.05, 4.69) is 5.32 Å². The van der Waals surface area contributed by atoms with Gasteiger partial charge in [-0.3, -0.25) is 9.59 Å². The van der Waals surface area contributed by atoms with E-state index >= 15 is 0 Å². The van der Waals surface area contributed by atoms with Gasteiger partial charge in [0.25, 0.3) is 5.91 Å². The Bertz CT molecular complexity index is 1270. The number of carbonyl (C=O) groups is 2. The Morgan fingerprint density at radius 1 is 0.938 bits per heavy atom. The molecule has 3 aromatic rings. The largest absolute Gasteiger partial charge is 0.486 e. The van der Waals surface area contributed by atoms with Gasteiger partial charge in [-0.25, -0.2) is 8.42 Å². The highest BCUT2D eigenvalue weighted by molar-refractivity contribution is 7.91. The zero-order chi connectivity index (χ0) is 22.6. The molecule has 0 radical (unpaired) electrons. The van der Waals surface area contributed by atoms with Gasteiger partial charge in [0, 0.05) is 17.1 Å². The van der Waals surface area contributed by atoms with Crippen molar-refractivity contribution in [3.05, 3.63) is 60.7 Å². The molecule has 166 valence electrons. The summed E-state index contributed by atoms with van der Waals surface area (Å²) in [7, 11) is -3.74. The average molecular weight is 455 g/mol.